The second kappa shape index (κ2) is 7.19. The van der Waals surface area contributed by atoms with Gasteiger partial charge in [0, 0.05) is 48.4 Å². The number of amides is 1. The monoisotopic (exact) mass is 392 g/mol. The van der Waals surface area contributed by atoms with Crippen LogP contribution >= 0.6 is 0 Å². The van der Waals surface area contributed by atoms with Crippen LogP contribution in [0.5, 0.6) is 0 Å². The van der Waals surface area contributed by atoms with E-state index in [1.165, 1.54) is 10.9 Å². The Morgan fingerprint density at radius 1 is 1.17 bits per heavy atom. The third-order valence-corrected chi connectivity index (χ3v) is 6.26. The quantitative estimate of drug-likeness (QED) is 0.741. The number of nitrogens with zero attached hydrogens (tertiary/aromatic N) is 1. The summed E-state index contributed by atoms with van der Waals surface area (Å²) < 4.78 is 11.0. The molecule has 3 aromatic rings. The van der Waals surface area contributed by atoms with Crippen molar-refractivity contribution in [3.8, 4) is 0 Å². The van der Waals surface area contributed by atoms with E-state index in [4.69, 9.17) is 9.15 Å². The van der Waals surface area contributed by atoms with Gasteiger partial charge in [-0.2, -0.15) is 0 Å². The summed E-state index contributed by atoms with van der Waals surface area (Å²) >= 11 is 0. The predicted octanol–water partition coefficient (Wildman–Crippen LogP) is 2.93. The third-order valence-electron chi connectivity index (χ3n) is 6.26. The van der Waals surface area contributed by atoms with E-state index in [2.05, 4.69) is 11.1 Å². The topological polar surface area (TPSA) is 75.5 Å². The number of hydrogen-bond donors (Lipinski definition) is 1. The molecule has 2 fully saturated rings. The summed E-state index contributed by atoms with van der Waals surface area (Å²) in [5, 5.41) is 1.18. The molecule has 0 aliphatic carbocycles. The van der Waals surface area contributed by atoms with Crippen molar-refractivity contribution < 1.29 is 13.9 Å². The van der Waals surface area contributed by atoms with Crippen molar-refractivity contribution in [3.63, 3.8) is 0 Å². The number of para-hydroxylation sites is 1. The van der Waals surface area contributed by atoms with Gasteiger partial charge in [-0.25, -0.2) is 4.79 Å². The van der Waals surface area contributed by atoms with E-state index >= 15 is 0 Å². The predicted molar refractivity (Wildman–Crippen MR) is 109 cm³/mol. The average molecular weight is 392 g/mol. The molecular weight excluding hydrogens is 368 g/mol. The van der Waals surface area contributed by atoms with E-state index in [1.807, 2.05) is 37.4 Å². The summed E-state index contributed by atoms with van der Waals surface area (Å²) in [6.07, 6.45) is 3.37. The number of aromatic nitrogens is 1. The number of carbonyl (C=O) groups excluding carboxylic acids is 1. The number of hydrogen-bond acceptors (Lipinski definition) is 4. The lowest BCUT2D eigenvalue weighted by atomic mass is 10.0. The van der Waals surface area contributed by atoms with Gasteiger partial charge in [0.2, 0.25) is 0 Å². The molecule has 5 rings (SSSR count). The standard InChI is InChI=1S/C23H24N2O4/c1-14-8-18(7-6-15-9-24-20-5-3-2-4-19(15)20)29-23(27)21(14)22(26)25-10-16-12-28-13-17(16)11-25/h2-5,8-9,16-17,24H,6-7,10-13H2,1H3/t16-,17+. The van der Waals surface area contributed by atoms with Crippen molar-refractivity contribution in [2.45, 2.75) is 19.8 Å². The van der Waals surface area contributed by atoms with Gasteiger partial charge in [0.05, 0.1) is 13.2 Å². The maximum absolute atomic E-state index is 12.9. The summed E-state index contributed by atoms with van der Waals surface area (Å²) in [7, 11) is 0. The van der Waals surface area contributed by atoms with E-state index in [1.54, 1.807) is 4.90 Å². The van der Waals surface area contributed by atoms with Gasteiger partial charge in [-0.3, -0.25) is 4.79 Å². The number of benzene rings is 1. The Morgan fingerprint density at radius 3 is 2.69 bits per heavy atom. The van der Waals surface area contributed by atoms with E-state index in [0.29, 0.717) is 55.9 Å². The summed E-state index contributed by atoms with van der Waals surface area (Å²) in [6, 6.07) is 9.98. The van der Waals surface area contributed by atoms with Gasteiger partial charge in [-0.05, 0) is 36.6 Å². The summed E-state index contributed by atoms with van der Waals surface area (Å²) in [4.78, 5) is 30.6. The molecular formula is C23H24N2O4. The highest BCUT2D eigenvalue weighted by molar-refractivity contribution is 5.95. The van der Waals surface area contributed by atoms with Crippen molar-refractivity contribution in [1.29, 1.82) is 0 Å². The molecule has 2 saturated heterocycles. The van der Waals surface area contributed by atoms with Crippen LogP contribution in [0, 0.1) is 18.8 Å². The van der Waals surface area contributed by atoms with Crippen molar-refractivity contribution in [2.24, 2.45) is 11.8 Å². The molecule has 2 atom stereocenters. The average Bonchev–Trinajstić information content (AvgIpc) is 3.40. The first-order valence-corrected chi connectivity index (χ1v) is 10.2. The Morgan fingerprint density at radius 2 is 1.93 bits per heavy atom. The molecule has 4 heterocycles. The van der Waals surface area contributed by atoms with Crippen molar-refractivity contribution in [3.05, 3.63) is 69.4 Å². The smallest absolute Gasteiger partial charge is 0.349 e. The fraction of sp³-hybridized carbons (Fsp3) is 0.391. The molecule has 29 heavy (non-hydrogen) atoms. The van der Waals surface area contributed by atoms with Gasteiger partial charge in [0.1, 0.15) is 11.3 Å². The van der Waals surface area contributed by atoms with Gasteiger partial charge >= 0.3 is 5.63 Å². The number of rotatable bonds is 4. The molecule has 2 aromatic heterocycles. The van der Waals surface area contributed by atoms with Gasteiger partial charge in [-0.1, -0.05) is 18.2 Å². The largest absolute Gasteiger partial charge is 0.427 e. The van der Waals surface area contributed by atoms with Crippen LogP contribution in [0.2, 0.25) is 0 Å². The minimum absolute atomic E-state index is 0.168. The fourth-order valence-electron chi connectivity index (χ4n) is 4.66. The maximum Gasteiger partial charge on any atom is 0.349 e. The van der Waals surface area contributed by atoms with E-state index < -0.39 is 5.63 Å². The molecule has 0 radical (unpaired) electrons. The number of carbonyl (C=O) groups is 1. The SMILES string of the molecule is Cc1cc(CCc2c[nH]c3ccccc23)oc(=O)c1C(=O)N1C[C@H]2COC[C@H]2C1. The molecule has 1 aromatic carbocycles. The molecule has 0 bridgehead atoms. The summed E-state index contributed by atoms with van der Waals surface area (Å²) in [5.74, 6) is 1.18. The first kappa shape index (κ1) is 18.2. The van der Waals surface area contributed by atoms with Gasteiger partial charge in [-0.15, -0.1) is 0 Å². The molecule has 0 saturated carbocycles. The van der Waals surface area contributed by atoms with Crippen molar-refractivity contribution >= 4 is 16.8 Å². The fourth-order valence-corrected chi connectivity index (χ4v) is 4.66. The Balaban J connectivity index is 1.33. The van der Waals surface area contributed by atoms with Crippen molar-refractivity contribution in [2.75, 3.05) is 26.3 Å². The molecule has 6 nitrogen and oxygen atoms in total. The van der Waals surface area contributed by atoms with E-state index in [9.17, 15) is 9.59 Å². The van der Waals surface area contributed by atoms with Crippen LogP contribution in [0.25, 0.3) is 10.9 Å². The highest BCUT2D eigenvalue weighted by atomic mass is 16.5. The van der Waals surface area contributed by atoms with Crippen LogP contribution in [0.3, 0.4) is 0 Å². The number of nitrogens with one attached hydrogen (secondary N) is 1. The first-order chi connectivity index (χ1) is 14.1. The van der Waals surface area contributed by atoms with E-state index in [0.717, 1.165) is 11.9 Å². The van der Waals surface area contributed by atoms with Crippen LogP contribution in [-0.4, -0.2) is 42.1 Å². The third kappa shape index (κ3) is 3.27. The zero-order valence-corrected chi connectivity index (χ0v) is 16.4. The molecule has 150 valence electrons. The molecule has 2 aliphatic rings. The second-order valence-electron chi connectivity index (χ2n) is 8.19. The summed E-state index contributed by atoms with van der Waals surface area (Å²) in [5.41, 5.74) is 2.61. The lowest BCUT2D eigenvalue weighted by Gasteiger charge is -2.18. The Labute approximate surface area is 168 Å². The zero-order valence-electron chi connectivity index (χ0n) is 16.4. The minimum atomic E-state index is -0.530. The van der Waals surface area contributed by atoms with Crippen LogP contribution in [0.15, 0.2) is 45.7 Å². The first-order valence-electron chi connectivity index (χ1n) is 10.2. The minimum Gasteiger partial charge on any atom is -0.427 e. The molecule has 2 aliphatic heterocycles. The Hall–Kier alpha value is -2.86. The normalized spacial score (nSPS) is 21.1. The van der Waals surface area contributed by atoms with Crippen LogP contribution in [0.1, 0.15) is 27.2 Å². The Bertz CT molecular complexity index is 1120. The van der Waals surface area contributed by atoms with Crippen LogP contribution in [0.4, 0.5) is 0 Å². The highest BCUT2D eigenvalue weighted by Crippen LogP contribution is 2.30. The lowest BCUT2D eigenvalue weighted by molar-refractivity contribution is 0.0745. The summed E-state index contributed by atoms with van der Waals surface area (Å²) in [6.45, 7) is 4.54. The zero-order chi connectivity index (χ0) is 20.0. The number of likely N-dealkylation sites (tertiary alicyclic amines) is 1. The number of ether oxygens (including phenoxy) is 1. The van der Waals surface area contributed by atoms with Gasteiger partial charge in [0.15, 0.2) is 0 Å². The molecule has 0 spiro atoms. The van der Waals surface area contributed by atoms with Gasteiger partial charge < -0.3 is 19.0 Å². The molecule has 6 heteroatoms. The lowest BCUT2D eigenvalue weighted by Crippen LogP contribution is -2.34. The second-order valence-corrected chi connectivity index (χ2v) is 8.19. The van der Waals surface area contributed by atoms with Gasteiger partial charge in [0.25, 0.3) is 5.91 Å². The Kier molecular flexibility index (Phi) is 4.51. The maximum atomic E-state index is 12.9. The number of H-pyrrole nitrogens is 1. The number of aryl methyl sites for hydroxylation is 3. The highest BCUT2D eigenvalue weighted by Gasteiger charge is 2.40. The number of aromatic amines is 1. The molecule has 1 N–H and O–H groups in total. The van der Waals surface area contributed by atoms with Crippen LogP contribution < -0.4 is 5.63 Å². The molecule has 0 unspecified atom stereocenters. The molecule has 1 amide bonds. The van der Waals surface area contributed by atoms with E-state index in [-0.39, 0.29) is 11.5 Å². The van der Waals surface area contributed by atoms with Crippen LogP contribution in [-0.2, 0) is 17.6 Å². The van der Waals surface area contributed by atoms with Crippen molar-refractivity contribution in [1.82, 2.24) is 9.88 Å². The number of fused-ring (bicyclic) bond motifs is 2.